The first kappa shape index (κ1) is 11.0. The van der Waals surface area contributed by atoms with E-state index in [0.717, 1.165) is 30.9 Å². The van der Waals surface area contributed by atoms with E-state index in [2.05, 4.69) is 18.2 Å². The summed E-state index contributed by atoms with van der Waals surface area (Å²) < 4.78 is 15.5. The molecule has 2 nitrogen and oxygen atoms in total. The highest BCUT2D eigenvalue weighted by Gasteiger charge is 2.16. The first-order valence-corrected chi connectivity index (χ1v) is 6.55. The average Bonchev–Trinajstić information content (AvgIpc) is 2.81. The lowest BCUT2D eigenvalue weighted by molar-refractivity contribution is 0.547. The molecule has 0 spiro atoms. The summed E-state index contributed by atoms with van der Waals surface area (Å²) in [5, 5.41) is 0. The van der Waals surface area contributed by atoms with Gasteiger partial charge < -0.3 is 8.57 Å². The zero-order valence-corrected chi connectivity index (χ0v) is 9.48. The molecule has 1 saturated carbocycles. The third-order valence-corrected chi connectivity index (χ3v) is 3.34. The monoisotopic (exact) mass is 202 g/mol. The molecular weight excluding hydrogens is 182 g/mol. The molecule has 78 valence electrons. The van der Waals surface area contributed by atoms with Gasteiger partial charge in [-0.1, -0.05) is 38.9 Å². The van der Waals surface area contributed by atoms with Gasteiger partial charge in [-0.15, -0.1) is 0 Å². The van der Waals surface area contributed by atoms with Crippen LogP contribution in [0.15, 0.2) is 4.36 Å². The molecule has 3 heteroatoms. The lowest BCUT2D eigenvalue weighted by atomic mass is 10.1. The Kier molecular flexibility index (Phi) is 4.78. The van der Waals surface area contributed by atoms with Gasteiger partial charge in [-0.3, -0.25) is 0 Å². The molecule has 1 fully saturated rings. The maximum atomic E-state index is 11.3. The molecule has 1 rings (SSSR count). The quantitative estimate of drug-likeness (QED) is 0.480. The first-order chi connectivity index (χ1) is 6.18. The summed E-state index contributed by atoms with van der Waals surface area (Å²) in [5.41, 5.74) is 0. The van der Waals surface area contributed by atoms with Gasteiger partial charge in [0.2, 0.25) is 0 Å². The maximum Gasteiger partial charge on any atom is 0.0239 e. The number of hydrogen-bond acceptors (Lipinski definition) is 3. The minimum atomic E-state index is -0.877. The fourth-order valence-corrected chi connectivity index (χ4v) is 2.28. The summed E-state index contributed by atoms with van der Waals surface area (Å²) in [4.78, 5) is 0. The van der Waals surface area contributed by atoms with Gasteiger partial charge in [0.05, 0.1) is 0 Å². The Balaban J connectivity index is 2.01. The normalized spacial score (nSPS) is 19.6. The molecule has 0 radical (unpaired) electrons. The Morgan fingerprint density at radius 2 is 2.08 bits per heavy atom. The van der Waals surface area contributed by atoms with Gasteiger partial charge in [0, 0.05) is 6.04 Å². The van der Waals surface area contributed by atoms with Crippen molar-refractivity contribution < 1.29 is 4.21 Å². The van der Waals surface area contributed by atoms with Gasteiger partial charge in [-0.2, -0.15) is 10.6 Å². The van der Waals surface area contributed by atoms with Crippen molar-refractivity contribution in [3.63, 3.8) is 0 Å². The molecule has 1 aliphatic rings. The highest BCUT2D eigenvalue weighted by molar-refractivity contribution is 7.74. The van der Waals surface area contributed by atoms with Crippen LogP contribution in [0.2, 0.25) is 0 Å². The van der Waals surface area contributed by atoms with Crippen molar-refractivity contribution in [3.8, 4) is 0 Å². The molecule has 0 aromatic carbocycles. The van der Waals surface area contributed by atoms with Crippen LogP contribution in [-0.2, 0) is 14.8 Å². The van der Waals surface area contributed by atoms with Crippen molar-refractivity contribution in [2.24, 2.45) is 10.3 Å². The molecule has 0 unspecified atom stereocenters. The zero-order chi connectivity index (χ0) is 9.68. The lowest BCUT2D eigenvalue weighted by Crippen LogP contribution is -1.92. The standard InChI is InChI=1S/C10H20NOS/c1-9(2)5-3-4-8-13(12)11-10-6-7-10/h9-10H,3-8H2,1-2H3/q-1. The van der Waals surface area contributed by atoms with Crippen LogP contribution in [-0.4, -0.2) is 11.8 Å². The summed E-state index contributed by atoms with van der Waals surface area (Å²) in [5.74, 6) is 1.55. The van der Waals surface area contributed by atoms with E-state index in [1.807, 2.05) is 0 Å². The van der Waals surface area contributed by atoms with Crippen LogP contribution in [0.25, 0.3) is 0 Å². The Morgan fingerprint density at radius 3 is 2.62 bits per heavy atom. The third kappa shape index (κ3) is 6.08. The van der Waals surface area contributed by atoms with Crippen LogP contribution in [0.5, 0.6) is 0 Å². The van der Waals surface area contributed by atoms with Gasteiger partial charge >= 0.3 is 0 Å². The summed E-state index contributed by atoms with van der Waals surface area (Å²) in [6, 6.07) is 0.450. The van der Waals surface area contributed by atoms with Crippen molar-refractivity contribution >= 4 is 10.6 Å². The average molecular weight is 202 g/mol. The van der Waals surface area contributed by atoms with Gasteiger partial charge in [0.25, 0.3) is 0 Å². The topological polar surface area (TPSA) is 29.4 Å². The van der Waals surface area contributed by atoms with E-state index in [-0.39, 0.29) is 0 Å². The molecule has 0 N–H and O–H groups in total. The molecule has 0 amide bonds. The number of nitrogens with zero attached hydrogens (tertiary/aromatic N) is 1. The number of rotatable bonds is 6. The van der Waals surface area contributed by atoms with Gasteiger partial charge in [0.15, 0.2) is 0 Å². The van der Waals surface area contributed by atoms with E-state index in [4.69, 9.17) is 0 Å². The molecule has 13 heavy (non-hydrogen) atoms. The maximum absolute atomic E-state index is 11.3. The van der Waals surface area contributed by atoms with Crippen LogP contribution in [0.4, 0.5) is 0 Å². The predicted molar refractivity (Wildman–Crippen MR) is 57.1 cm³/mol. The Hall–Kier alpha value is -0.0500. The van der Waals surface area contributed by atoms with Crippen LogP contribution >= 0.6 is 0 Å². The van der Waals surface area contributed by atoms with E-state index in [1.54, 1.807) is 0 Å². The van der Waals surface area contributed by atoms with Gasteiger partial charge in [-0.25, -0.2) is 0 Å². The predicted octanol–water partition coefficient (Wildman–Crippen LogP) is 3.12. The fraction of sp³-hybridized carbons (Fsp3) is 1.00. The minimum Gasteiger partial charge on any atom is -0.444 e. The summed E-state index contributed by atoms with van der Waals surface area (Å²) in [6.07, 6.45) is 5.85. The summed E-state index contributed by atoms with van der Waals surface area (Å²) >= 11 is 0. The van der Waals surface area contributed by atoms with E-state index in [9.17, 15) is 4.21 Å². The molecular formula is C10H20NOS-. The van der Waals surface area contributed by atoms with Crippen molar-refractivity contribution in [3.05, 3.63) is 0 Å². The number of hydrogen-bond donors (Lipinski definition) is 0. The molecule has 0 bridgehead atoms. The van der Waals surface area contributed by atoms with Crippen molar-refractivity contribution in [1.82, 2.24) is 0 Å². The molecule has 0 aromatic heterocycles. The molecule has 0 aliphatic heterocycles. The first-order valence-electron chi connectivity index (χ1n) is 5.28. The summed E-state index contributed by atoms with van der Waals surface area (Å²) in [6.45, 7) is 4.46. The molecule has 0 saturated heterocycles. The second-order valence-corrected chi connectivity index (χ2v) is 5.51. The fourth-order valence-electron chi connectivity index (χ4n) is 1.18. The zero-order valence-electron chi connectivity index (χ0n) is 8.66. The summed E-state index contributed by atoms with van der Waals surface area (Å²) in [7, 11) is -0.877. The Bertz CT molecular complexity index is 215. The van der Waals surface area contributed by atoms with Crippen molar-refractivity contribution in [1.29, 1.82) is 0 Å². The van der Waals surface area contributed by atoms with Gasteiger partial charge in [-0.05, 0) is 18.8 Å². The highest BCUT2D eigenvalue weighted by Crippen LogP contribution is 2.23. The van der Waals surface area contributed by atoms with Crippen molar-refractivity contribution in [2.45, 2.75) is 52.0 Å². The third-order valence-electron chi connectivity index (χ3n) is 2.16. The minimum absolute atomic E-state index is 0.450. The smallest absolute Gasteiger partial charge is 0.0239 e. The van der Waals surface area contributed by atoms with Crippen molar-refractivity contribution in [2.75, 3.05) is 5.75 Å². The van der Waals surface area contributed by atoms with E-state index < -0.39 is 10.6 Å². The van der Waals surface area contributed by atoms with Crippen LogP contribution in [0.1, 0.15) is 46.0 Å². The molecule has 0 heterocycles. The molecule has 1 aliphatic carbocycles. The SMILES string of the molecule is CC(C)CCCC[S-](=O)=NC1CC1. The molecule has 0 atom stereocenters. The van der Waals surface area contributed by atoms with E-state index >= 15 is 0 Å². The van der Waals surface area contributed by atoms with Crippen LogP contribution < -0.4 is 0 Å². The second kappa shape index (κ2) is 5.63. The number of unbranched alkanes of at least 4 members (excludes halogenated alkanes) is 1. The Labute approximate surface area is 83.3 Å². The molecule has 0 aromatic rings. The van der Waals surface area contributed by atoms with Gasteiger partial charge in [0.1, 0.15) is 0 Å². The Morgan fingerprint density at radius 1 is 1.38 bits per heavy atom. The van der Waals surface area contributed by atoms with E-state index in [1.165, 1.54) is 12.8 Å². The largest absolute Gasteiger partial charge is 0.444 e. The second-order valence-electron chi connectivity index (χ2n) is 4.25. The lowest BCUT2D eigenvalue weighted by Gasteiger charge is -2.06. The van der Waals surface area contributed by atoms with Crippen LogP contribution in [0.3, 0.4) is 0 Å². The van der Waals surface area contributed by atoms with E-state index in [0.29, 0.717) is 6.04 Å². The highest BCUT2D eigenvalue weighted by atomic mass is 32.2. The van der Waals surface area contributed by atoms with Crippen LogP contribution in [0, 0.1) is 5.92 Å².